The van der Waals surface area contributed by atoms with Crippen molar-refractivity contribution in [2.75, 3.05) is 13.2 Å². The number of aromatic nitrogens is 3. The van der Waals surface area contributed by atoms with E-state index in [9.17, 15) is 13.2 Å². The summed E-state index contributed by atoms with van der Waals surface area (Å²) in [7, 11) is 1.98. The van der Waals surface area contributed by atoms with Crippen LogP contribution < -0.4 is 0 Å². The summed E-state index contributed by atoms with van der Waals surface area (Å²) in [5.74, 6) is -2.46. The van der Waals surface area contributed by atoms with Crippen molar-refractivity contribution in [1.29, 1.82) is 0 Å². The molecule has 0 spiro atoms. The molecule has 1 N–H and O–H groups in total. The first-order valence-corrected chi connectivity index (χ1v) is 11.0. The third kappa shape index (κ3) is 7.11. The van der Waals surface area contributed by atoms with Crippen LogP contribution >= 0.6 is 11.3 Å². The van der Waals surface area contributed by atoms with Crippen LogP contribution in [0.5, 0.6) is 0 Å². The SMILES string of the molecule is Cc1ccc(CN2Cc3nnn(C)c3C(COCc3ccccc3)C2)s1.O=C(O)C(F)(F)F. The summed E-state index contributed by atoms with van der Waals surface area (Å²) in [4.78, 5) is 14.1. The summed E-state index contributed by atoms with van der Waals surface area (Å²) in [5.41, 5.74) is 3.51. The van der Waals surface area contributed by atoms with Gasteiger partial charge in [0, 0.05) is 42.4 Å². The van der Waals surface area contributed by atoms with E-state index in [1.54, 1.807) is 0 Å². The number of carboxylic acids is 1. The molecule has 11 heteroatoms. The van der Waals surface area contributed by atoms with Crippen molar-refractivity contribution in [2.24, 2.45) is 7.05 Å². The number of nitrogens with zero attached hydrogens (tertiary/aromatic N) is 4. The Hall–Kier alpha value is -2.76. The molecule has 1 atom stereocenters. The number of hydrogen-bond acceptors (Lipinski definition) is 6. The van der Waals surface area contributed by atoms with Crippen molar-refractivity contribution in [2.45, 2.75) is 38.7 Å². The predicted molar refractivity (Wildman–Crippen MR) is 117 cm³/mol. The molecular weight excluding hydrogens is 457 g/mol. The quantitative estimate of drug-likeness (QED) is 0.569. The zero-order valence-electron chi connectivity index (χ0n) is 18.2. The van der Waals surface area contributed by atoms with E-state index in [0.717, 1.165) is 25.3 Å². The van der Waals surface area contributed by atoms with Gasteiger partial charge in [-0.25, -0.2) is 4.79 Å². The minimum absolute atomic E-state index is 0.295. The van der Waals surface area contributed by atoms with Crippen molar-refractivity contribution in [3.63, 3.8) is 0 Å². The average Bonchev–Trinajstić information content (AvgIpc) is 3.34. The van der Waals surface area contributed by atoms with Crippen LogP contribution in [0.2, 0.25) is 0 Å². The monoisotopic (exact) mass is 482 g/mol. The van der Waals surface area contributed by atoms with Gasteiger partial charge in [0.05, 0.1) is 18.9 Å². The normalized spacial score (nSPS) is 16.1. The second kappa shape index (κ2) is 10.9. The zero-order valence-corrected chi connectivity index (χ0v) is 19.1. The number of halogens is 3. The first-order valence-electron chi connectivity index (χ1n) is 10.2. The maximum Gasteiger partial charge on any atom is 0.490 e. The lowest BCUT2D eigenvalue weighted by molar-refractivity contribution is -0.192. The highest BCUT2D eigenvalue weighted by Gasteiger charge is 2.38. The average molecular weight is 483 g/mol. The van der Waals surface area contributed by atoms with E-state index in [-0.39, 0.29) is 0 Å². The number of hydrogen-bond donors (Lipinski definition) is 1. The number of alkyl halides is 3. The van der Waals surface area contributed by atoms with E-state index in [2.05, 4.69) is 46.4 Å². The molecule has 178 valence electrons. The van der Waals surface area contributed by atoms with E-state index in [1.807, 2.05) is 41.3 Å². The molecule has 1 aliphatic heterocycles. The molecule has 0 fully saturated rings. The fourth-order valence-electron chi connectivity index (χ4n) is 3.63. The van der Waals surface area contributed by atoms with Crippen LogP contribution in [0.15, 0.2) is 42.5 Å². The minimum Gasteiger partial charge on any atom is -0.475 e. The molecule has 0 radical (unpaired) electrons. The number of ether oxygens (including phenoxy) is 1. The van der Waals surface area contributed by atoms with Gasteiger partial charge < -0.3 is 9.84 Å². The molecule has 33 heavy (non-hydrogen) atoms. The molecule has 1 unspecified atom stereocenters. The van der Waals surface area contributed by atoms with Gasteiger partial charge in [0.15, 0.2) is 0 Å². The number of aliphatic carboxylic acids is 1. The van der Waals surface area contributed by atoms with Crippen LogP contribution in [0.3, 0.4) is 0 Å². The Bertz CT molecular complexity index is 1050. The molecule has 0 amide bonds. The Labute approximate surface area is 193 Å². The second-order valence-electron chi connectivity index (χ2n) is 7.73. The Morgan fingerprint density at radius 1 is 1.24 bits per heavy atom. The number of fused-ring (bicyclic) bond motifs is 1. The van der Waals surface area contributed by atoms with E-state index in [0.29, 0.717) is 19.1 Å². The lowest BCUT2D eigenvalue weighted by Gasteiger charge is -2.31. The fourth-order valence-corrected chi connectivity index (χ4v) is 4.56. The third-order valence-electron chi connectivity index (χ3n) is 5.03. The van der Waals surface area contributed by atoms with Crippen LogP contribution in [0, 0.1) is 6.92 Å². The summed E-state index contributed by atoms with van der Waals surface area (Å²) in [5, 5.41) is 15.8. The van der Waals surface area contributed by atoms with Crippen LogP contribution in [-0.4, -0.2) is 50.3 Å². The summed E-state index contributed by atoms with van der Waals surface area (Å²) in [6, 6.07) is 14.8. The zero-order chi connectivity index (χ0) is 24.0. The van der Waals surface area contributed by atoms with E-state index >= 15 is 0 Å². The molecule has 1 aliphatic rings. The van der Waals surface area contributed by atoms with Gasteiger partial charge in [-0.15, -0.1) is 16.4 Å². The van der Waals surface area contributed by atoms with Crippen LogP contribution in [0.1, 0.15) is 32.6 Å². The largest absolute Gasteiger partial charge is 0.490 e. The maximum absolute atomic E-state index is 10.6. The summed E-state index contributed by atoms with van der Waals surface area (Å²) < 4.78 is 39.7. The lowest BCUT2D eigenvalue weighted by Crippen LogP contribution is -2.35. The number of carbonyl (C=O) groups is 1. The Balaban J connectivity index is 0.000000383. The highest BCUT2D eigenvalue weighted by atomic mass is 32.1. The molecule has 0 saturated heterocycles. The molecule has 4 rings (SSSR count). The lowest BCUT2D eigenvalue weighted by atomic mass is 9.99. The second-order valence-corrected chi connectivity index (χ2v) is 9.10. The Morgan fingerprint density at radius 3 is 2.55 bits per heavy atom. The van der Waals surface area contributed by atoms with Gasteiger partial charge >= 0.3 is 12.1 Å². The van der Waals surface area contributed by atoms with Gasteiger partial charge in [-0.1, -0.05) is 35.5 Å². The van der Waals surface area contributed by atoms with Crippen molar-refractivity contribution in [3.8, 4) is 0 Å². The van der Waals surface area contributed by atoms with Gasteiger partial charge in [-0.2, -0.15) is 13.2 Å². The van der Waals surface area contributed by atoms with Crippen LogP contribution in [0.25, 0.3) is 0 Å². The predicted octanol–water partition coefficient (Wildman–Crippen LogP) is 4.13. The number of aryl methyl sites for hydroxylation is 2. The minimum atomic E-state index is -5.08. The van der Waals surface area contributed by atoms with Gasteiger partial charge in [0.2, 0.25) is 0 Å². The van der Waals surface area contributed by atoms with E-state index in [1.165, 1.54) is 21.0 Å². The number of benzene rings is 1. The molecule has 2 aromatic heterocycles. The van der Waals surface area contributed by atoms with Crippen molar-refractivity contribution in [3.05, 3.63) is 69.2 Å². The number of rotatable bonds is 6. The Kier molecular flexibility index (Phi) is 8.22. The maximum atomic E-state index is 10.6. The molecule has 0 aliphatic carbocycles. The number of carboxylic acid groups (broad SMARTS) is 1. The highest BCUT2D eigenvalue weighted by molar-refractivity contribution is 7.11. The van der Waals surface area contributed by atoms with E-state index in [4.69, 9.17) is 14.6 Å². The molecule has 0 bridgehead atoms. The smallest absolute Gasteiger partial charge is 0.475 e. The van der Waals surface area contributed by atoms with Gasteiger partial charge in [-0.05, 0) is 24.6 Å². The van der Waals surface area contributed by atoms with Gasteiger partial charge in [0.1, 0.15) is 5.69 Å². The first kappa shape index (κ1) is 24.9. The van der Waals surface area contributed by atoms with Crippen molar-refractivity contribution in [1.82, 2.24) is 19.9 Å². The molecule has 0 saturated carbocycles. The summed E-state index contributed by atoms with van der Waals surface area (Å²) >= 11 is 1.87. The topological polar surface area (TPSA) is 80.5 Å². The third-order valence-corrected chi connectivity index (χ3v) is 6.02. The standard InChI is InChI=1S/C20H24N4OS.C2HF3O2/c1-15-8-9-18(26-15)11-24-10-17(20-19(12-24)21-22-23(20)2)14-25-13-16-6-4-3-5-7-16;3-2(4,5)1(6)7/h3-9,17H,10-14H2,1-2H3;(H,6,7). The van der Waals surface area contributed by atoms with Gasteiger partial charge in [-0.3, -0.25) is 9.58 Å². The molecule has 1 aromatic carbocycles. The molecule has 3 heterocycles. The van der Waals surface area contributed by atoms with E-state index < -0.39 is 12.1 Å². The summed E-state index contributed by atoms with van der Waals surface area (Å²) in [6.07, 6.45) is -5.08. The number of thiophene rings is 1. The van der Waals surface area contributed by atoms with Crippen molar-refractivity contribution >= 4 is 17.3 Å². The van der Waals surface area contributed by atoms with Crippen LogP contribution in [0.4, 0.5) is 13.2 Å². The summed E-state index contributed by atoms with van der Waals surface area (Å²) in [6.45, 7) is 6.27. The molecule has 3 aromatic rings. The fraction of sp³-hybridized carbons (Fsp3) is 0.409. The van der Waals surface area contributed by atoms with Gasteiger partial charge in [0.25, 0.3) is 0 Å². The van der Waals surface area contributed by atoms with Crippen LogP contribution in [-0.2, 0) is 36.3 Å². The molecular formula is C22H25F3N4O3S. The highest BCUT2D eigenvalue weighted by Crippen LogP contribution is 2.29. The molecule has 7 nitrogen and oxygen atoms in total. The first-order chi connectivity index (χ1) is 15.6. The van der Waals surface area contributed by atoms with Crippen molar-refractivity contribution < 1.29 is 27.8 Å². The Morgan fingerprint density at radius 2 is 1.94 bits per heavy atom.